The van der Waals surface area contributed by atoms with Crippen LogP contribution in [0.2, 0.25) is 0 Å². The van der Waals surface area contributed by atoms with Crippen molar-refractivity contribution < 1.29 is 24.5 Å². The zero-order chi connectivity index (χ0) is 23.9. The van der Waals surface area contributed by atoms with Crippen LogP contribution in [0.5, 0.6) is 0 Å². The lowest BCUT2D eigenvalue weighted by Crippen LogP contribution is -2.44. The Morgan fingerprint density at radius 2 is 2.00 bits per heavy atom. The molecule has 8 nitrogen and oxygen atoms in total. The molecule has 0 bridgehead atoms. The van der Waals surface area contributed by atoms with Gasteiger partial charge < -0.3 is 19.5 Å². The molecule has 0 amide bonds. The number of hydrogen-bond donors (Lipinski definition) is 2. The van der Waals surface area contributed by atoms with E-state index in [2.05, 4.69) is 15.9 Å². The Labute approximate surface area is 198 Å². The van der Waals surface area contributed by atoms with Gasteiger partial charge in [0.2, 0.25) is 0 Å². The molecule has 33 heavy (non-hydrogen) atoms. The first kappa shape index (κ1) is 23.1. The van der Waals surface area contributed by atoms with E-state index in [0.717, 1.165) is 22.2 Å². The number of alkyl halides is 1. The number of benzene rings is 1. The van der Waals surface area contributed by atoms with Gasteiger partial charge in [-0.2, -0.15) is 0 Å². The second-order valence-electron chi connectivity index (χ2n) is 8.01. The highest BCUT2D eigenvalue weighted by Crippen LogP contribution is 2.38. The van der Waals surface area contributed by atoms with Crippen LogP contribution in [0.15, 0.2) is 41.2 Å². The van der Waals surface area contributed by atoms with E-state index in [0.29, 0.717) is 29.8 Å². The molecule has 172 valence electrons. The minimum atomic E-state index is -1.79. The van der Waals surface area contributed by atoms with Crippen LogP contribution in [0.4, 0.5) is 0 Å². The van der Waals surface area contributed by atoms with Crippen molar-refractivity contribution in [1.29, 1.82) is 0 Å². The Kier molecular flexibility index (Phi) is 6.11. The third kappa shape index (κ3) is 3.85. The number of carbonyl (C=O) groups is 2. The number of halogens is 1. The van der Waals surface area contributed by atoms with Crippen LogP contribution in [0, 0.1) is 0 Å². The molecule has 0 radical (unpaired) electrons. The third-order valence-corrected chi connectivity index (χ3v) is 7.08. The van der Waals surface area contributed by atoms with E-state index >= 15 is 0 Å². The zero-order valence-electron chi connectivity index (χ0n) is 18.2. The second kappa shape index (κ2) is 8.72. The van der Waals surface area contributed by atoms with Crippen LogP contribution in [0.3, 0.4) is 0 Å². The summed E-state index contributed by atoms with van der Waals surface area (Å²) >= 11 is 2.94. The number of esters is 1. The second-order valence-corrected chi connectivity index (χ2v) is 9.11. The van der Waals surface area contributed by atoms with E-state index < -0.39 is 17.5 Å². The molecular formula is C24H23BrN2O6. The number of cyclic esters (lactones) is 1. The van der Waals surface area contributed by atoms with E-state index in [1.54, 1.807) is 17.6 Å². The van der Waals surface area contributed by atoms with Gasteiger partial charge in [-0.05, 0) is 31.0 Å². The fraction of sp³-hybridized carbons (Fsp3) is 0.333. The van der Waals surface area contributed by atoms with Gasteiger partial charge in [0.1, 0.15) is 11.4 Å². The summed E-state index contributed by atoms with van der Waals surface area (Å²) in [4.78, 5) is 39.4. The summed E-state index contributed by atoms with van der Waals surface area (Å²) in [6, 6.07) is 11.6. The number of carboxylic acids is 1. The summed E-state index contributed by atoms with van der Waals surface area (Å²) in [6.07, 6.45) is 0.773. The number of pyridine rings is 2. The number of aliphatic hydroxyl groups is 1. The number of hydrogen-bond acceptors (Lipinski definition) is 6. The zero-order valence-corrected chi connectivity index (χ0v) is 19.8. The molecule has 0 saturated carbocycles. The molecular weight excluding hydrogens is 492 g/mol. The molecule has 2 aliphatic heterocycles. The Morgan fingerprint density at radius 1 is 1.27 bits per heavy atom. The summed E-state index contributed by atoms with van der Waals surface area (Å²) in [5.74, 6) is -1.50. The predicted octanol–water partition coefficient (Wildman–Crippen LogP) is 3.32. The molecule has 1 unspecified atom stereocenters. The fourth-order valence-corrected chi connectivity index (χ4v) is 4.10. The van der Waals surface area contributed by atoms with E-state index in [1.807, 2.05) is 37.3 Å². The molecule has 2 N–H and O–H groups in total. The molecule has 3 aromatic rings. The van der Waals surface area contributed by atoms with Crippen molar-refractivity contribution in [2.45, 2.75) is 50.3 Å². The highest BCUT2D eigenvalue weighted by atomic mass is 79.9. The van der Waals surface area contributed by atoms with E-state index in [4.69, 9.17) is 14.8 Å². The van der Waals surface area contributed by atoms with Gasteiger partial charge in [0, 0.05) is 16.5 Å². The van der Waals surface area contributed by atoms with Crippen LogP contribution in [0.1, 0.15) is 43.4 Å². The lowest BCUT2D eigenvalue weighted by Gasteiger charge is -2.31. The van der Waals surface area contributed by atoms with Crippen LogP contribution < -0.4 is 5.56 Å². The van der Waals surface area contributed by atoms with Gasteiger partial charge in [-0.3, -0.25) is 9.59 Å². The highest BCUT2D eigenvalue weighted by molar-refractivity contribution is 9.10. The van der Waals surface area contributed by atoms with Crippen molar-refractivity contribution in [3.63, 3.8) is 0 Å². The van der Waals surface area contributed by atoms with Crippen molar-refractivity contribution in [3.8, 4) is 11.4 Å². The van der Waals surface area contributed by atoms with Gasteiger partial charge in [0.15, 0.2) is 5.60 Å². The van der Waals surface area contributed by atoms with Gasteiger partial charge in [0.05, 0.1) is 29.0 Å². The number of nitrogens with zero attached hydrogens (tertiary/aromatic N) is 2. The minimum absolute atomic E-state index is 0.110. The number of para-hydroxylation sites is 1. The standard InChI is InChI=1S/C20H16N2O4.C4H7BrO2/c1-2-20(25)14-8-16-17-12(7-11-5-3-4-6-15(11)21-17)9-22(16)18(23)13(14)10-26-19(20)24;1-2-3(5)4(6)7/h3-8,25H,2,9-10H2,1H3;3H,2H2,1H3,(H,6,7)/t20-;/m0./s1. The largest absolute Gasteiger partial charge is 0.480 e. The smallest absolute Gasteiger partial charge is 0.343 e. The molecule has 0 fully saturated rings. The summed E-state index contributed by atoms with van der Waals surface area (Å²) in [6.45, 7) is 3.82. The Morgan fingerprint density at radius 3 is 2.64 bits per heavy atom. The van der Waals surface area contributed by atoms with Crippen molar-refractivity contribution >= 4 is 38.8 Å². The maximum Gasteiger partial charge on any atom is 0.343 e. The van der Waals surface area contributed by atoms with E-state index in [-0.39, 0.29) is 23.4 Å². The summed E-state index contributed by atoms with van der Waals surface area (Å²) < 4.78 is 6.72. The molecule has 2 atom stereocenters. The molecule has 0 aliphatic carbocycles. The third-order valence-electron chi connectivity index (χ3n) is 6.04. The first-order valence-electron chi connectivity index (χ1n) is 10.6. The predicted molar refractivity (Wildman–Crippen MR) is 125 cm³/mol. The van der Waals surface area contributed by atoms with Crippen molar-refractivity contribution in [2.75, 3.05) is 0 Å². The lowest BCUT2D eigenvalue weighted by molar-refractivity contribution is -0.172. The lowest BCUT2D eigenvalue weighted by atomic mass is 9.86. The van der Waals surface area contributed by atoms with Crippen LogP contribution in [-0.4, -0.2) is 36.5 Å². The monoisotopic (exact) mass is 514 g/mol. The molecule has 0 spiro atoms. The summed E-state index contributed by atoms with van der Waals surface area (Å²) in [7, 11) is 0. The quantitative estimate of drug-likeness (QED) is 0.318. The van der Waals surface area contributed by atoms with Gasteiger partial charge in [0.25, 0.3) is 5.56 Å². The van der Waals surface area contributed by atoms with Gasteiger partial charge >= 0.3 is 11.9 Å². The number of fused-ring (bicyclic) bond motifs is 5. The average molecular weight is 515 g/mol. The number of carbonyl (C=O) groups excluding carboxylic acids is 1. The van der Waals surface area contributed by atoms with Gasteiger partial charge in [-0.25, -0.2) is 9.78 Å². The average Bonchev–Trinajstić information content (AvgIpc) is 3.18. The van der Waals surface area contributed by atoms with Crippen LogP contribution >= 0.6 is 15.9 Å². The van der Waals surface area contributed by atoms with Gasteiger partial charge in [-0.1, -0.05) is 48.0 Å². The van der Waals surface area contributed by atoms with E-state index in [1.165, 1.54) is 0 Å². The normalized spacial score (nSPS) is 19.0. The molecule has 2 aromatic heterocycles. The van der Waals surface area contributed by atoms with Crippen LogP contribution in [0.25, 0.3) is 22.3 Å². The SMILES string of the molecule is CCC(Br)C(=O)O.CC[C@@]1(O)C(=O)OCc2c1cc1n(c2=O)Cc2cc3ccccc3nc2-1. The first-order chi connectivity index (χ1) is 15.7. The number of carboxylic acid groups (broad SMARTS) is 1. The highest BCUT2D eigenvalue weighted by Gasteiger charge is 2.45. The summed E-state index contributed by atoms with van der Waals surface area (Å²) in [5, 5.41) is 20.0. The van der Waals surface area contributed by atoms with Gasteiger partial charge in [-0.15, -0.1) is 0 Å². The fourth-order valence-electron chi connectivity index (χ4n) is 4.10. The molecule has 0 saturated heterocycles. The maximum absolute atomic E-state index is 13.0. The topological polar surface area (TPSA) is 119 Å². The Hall–Kier alpha value is -3.04. The van der Waals surface area contributed by atoms with Crippen molar-refractivity contribution in [3.05, 3.63) is 63.4 Å². The Bertz CT molecular complexity index is 1330. The number of aliphatic carboxylic acids is 1. The molecule has 5 rings (SSSR count). The van der Waals surface area contributed by atoms with Crippen molar-refractivity contribution in [2.24, 2.45) is 0 Å². The van der Waals surface area contributed by atoms with Crippen molar-refractivity contribution in [1.82, 2.24) is 9.55 Å². The van der Waals surface area contributed by atoms with E-state index in [9.17, 15) is 19.5 Å². The number of rotatable bonds is 3. The first-order valence-corrected chi connectivity index (χ1v) is 11.6. The Balaban J connectivity index is 0.000000325. The summed E-state index contributed by atoms with van der Waals surface area (Å²) in [5.41, 5.74) is 1.81. The molecule has 9 heteroatoms. The number of aromatic nitrogens is 2. The molecule has 2 aliphatic rings. The molecule has 4 heterocycles. The minimum Gasteiger partial charge on any atom is -0.480 e. The maximum atomic E-state index is 13.0. The molecule has 1 aromatic carbocycles. The van der Waals surface area contributed by atoms with Crippen LogP contribution in [-0.2, 0) is 33.1 Å². The number of ether oxygens (including phenoxy) is 1.